The van der Waals surface area contributed by atoms with E-state index in [1.807, 2.05) is 0 Å². The number of rotatable bonds is 1. The van der Waals surface area contributed by atoms with Gasteiger partial charge in [0.2, 0.25) is 0 Å². The van der Waals surface area contributed by atoms with Gasteiger partial charge in [-0.3, -0.25) is 4.79 Å². The van der Waals surface area contributed by atoms with Crippen molar-refractivity contribution in [2.75, 3.05) is 6.61 Å². The SMILES string of the molecule is CC1CCC(C2CC(=O)CCO2)CC1. The molecule has 1 saturated heterocycles. The second-order valence-corrected chi connectivity index (χ2v) is 4.92. The maximum Gasteiger partial charge on any atom is 0.137 e. The summed E-state index contributed by atoms with van der Waals surface area (Å²) < 4.78 is 5.70. The van der Waals surface area contributed by atoms with Gasteiger partial charge in [0, 0.05) is 12.8 Å². The highest BCUT2D eigenvalue weighted by atomic mass is 16.5. The zero-order valence-electron chi connectivity index (χ0n) is 9.00. The molecule has 0 bridgehead atoms. The molecule has 1 heterocycles. The lowest BCUT2D eigenvalue weighted by molar-refractivity contribution is -0.131. The van der Waals surface area contributed by atoms with Gasteiger partial charge in [0.1, 0.15) is 5.78 Å². The normalized spacial score (nSPS) is 39.8. The van der Waals surface area contributed by atoms with Crippen molar-refractivity contribution in [1.82, 2.24) is 0 Å². The van der Waals surface area contributed by atoms with Gasteiger partial charge in [0.25, 0.3) is 0 Å². The first-order valence-corrected chi connectivity index (χ1v) is 5.89. The first-order valence-electron chi connectivity index (χ1n) is 5.89. The number of ether oxygens (including phenoxy) is 1. The molecular formula is C12H20O2. The van der Waals surface area contributed by atoms with Crippen LogP contribution in [0.1, 0.15) is 45.4 Å². The molecule has 1 aliphatic carbocycles. The molecule has 2 rings (SSSR count). The molecule has 0 aromatic heterocycles. The zero-order valence-corrected chi connectivity index (χ0v) is 9.00. The van der Waals surface area contributed by atoms with Gasteiger partial charge >= 0.3 is 0 Å². The average molecular weight is 196 g/mol. The van der Waals surface area contributed by atoms with Gasteiger partial charge in [-0.25, -0.2) is 0 Å². The minimum Gasteiger partial charge on any atom is -0.377 e. The van der Waals surface area contributed by atoms with Crippen LogP contribution in [0.5, 0.6) is 0 Å². The molecule has 0 aromatic rings. The summed E-state index contributed by atoms with van der Waals surface area (Å²) in [5, 5.41) is 0. The highest BCUT2D eigenvalue weighted by Gasteiger charge is 2.30. The van der Waals surface area contributed by atoms with Crippen LogP contribution in [0.2, 0.25) is 0 Å². The third-order valence-corrected chi connectivity index (χ3v) is 3.73. The maximum atomic E-state index is 11.3. The van der Waals surface area contributed by atoms with E-state index in [4.69, 9.17) is 4.74 Å². The Hall–Kier alpha value is -0.370. The molecule has 80 valence electrons. The molecule has 1 atom stereocenters. The van der Waals surface area contributed by atoms with Crippen molar-refractivity contribution >= 4 is 5.78 Å². The fraction of sp³-hybridized carbons (Fsp3) is 0.917. The third-order valence-electron chi connectivity index (χ3n) is 3.73. The predicted molar refractivity (Wildman–Crippen MR) is 55.1 cm³/mol. The molecule has 0 aromatic carbocycles. The number of ketones is 1. The Morgan fingerprint density at radius 2 is 1.93 bits per heavy atom. The van der Waals surface area contributed by atoms with Gasteiger partial charge in [-0.15, -0.1) is 0 Å². The smallest absolute Gasteiger partial charge is 0.137 e. The minimum absolute atomic E-state index is 0.253. The van der Waals surface area contributed by atoms with E-state index >= 15 is 0 Å². The van der Waals surface area contributed by atoms with Crippen molar-refractivity contribution in [2.24, 2.45) is 11.8 Å². The third kappa shape index (κ3) is 2.35. The fourth-order valence-electron chi connectivity index (χ4n) is 2.67. The molecule has 1 unspecified atom stereocenters. The summed E-state index contributed by atoms with van der Waals surface area (Å²) >= 11 is 0. The summed E-state index contributed by atoms with van der Waals surface area (Å²) in [4.78, 5) is 11.3. The molecule has 0 radical (unpaired) electrons. The Labute approximate surface area is 86.0 Å². The predicted octanol–water partition coefficient (Wildman–Crippen LogP) is 2.56. The molecular weight excluding hydrogens is 176 g/mol. The molecule has 1 saturated carbocycles. The van der Waals surface area contributed by atoms with Gasteiger partial charge in [-0.1, -0.05) is 19.8 Å². The van der Waals surface area contributed by atoms with Crippen molar-refractivity contribution in [3.63, 3.8) is 0 Å². The molecule has 2 fully saturated rings. The molecule has 0 amide bonds. The van der Waals surface area contributed by atoms with Crippen molar-refractivity contribution in [1.29, 1.82) is 0 Å². The first kappa shape index (κ1) is 10.2. The van der Waals surface area contributed by atoms with Gasteiger partial charge in [0.15, 0.2) is 0 Å². The number of carbonyl (C=O) groups is 1. The minimum atomic E-state index is 0.253. The van der Waals surface area contributed by atoms with Crippen molar-refractivity contribution < 1.29 is 9.53 Å². The summed E-state index contributed by atoms with van der Waals surface area (Å²) in [6.45, 7) is 2.98. The Morgan fingerprint density at radius 1 is 1.21 bits per heavy atom. The first-order chi connectivity index (χ1) is 6.75. The molecule has 0 N–H and O–H groups in total. The van der Waals surface area contributed by atoms with Crippen LogP contribution in [0.3, 0.4) is 0 Å². The van der Waals surface area contributed by atoms with E-state index in [-0.39, 0.29) is 6.10 Å². The van der Waals surface area contributed by atoms with Gasteiger partial charge in [0.05, 0.1) is 12.7 Å². The van der Waals surface area contributed by atoms with Crippen LogP contribution >= 0.6 is 0 Å². The summed E-state index contributed by atoms with van der Waals surface area (Å²) in [5.41, 5.74) is 0. The number of carbonyl (C=O) groups excluding carboxylic acids is 1. The summed E-state index contributed by atoms with van der Waals surface area (Å²) in [6, 6.07) is 0. The highest BCUT2D eigenvalue weighted by Crippen LogP contribution is 2.33. The molecule has 2 heteroatoms. The second kappa shape index (κ2) is 4.43. The largest absolute Gasteiger partial charge is 0.377 e. The molecule has 0 spiro atoms. The van der Waals surface area contributed by atoms with E-state index in [9.17, 15) is 4.79 Å². The van der Waals surface area contributed by atoms with Gasteiger partial charge in [-0.05, 0) is 24.7 Å². The van der Waals surface area contributed by atoms with Gasteiger partial charge < -0.3 is 4.74 Å². The Morgan fingerprint density at radius 3 is 2.57 bits per heavy atom. The number of hydrogen-bond acceptors (Lipinski definition) is 2. The van der Waals surface area contributed by atoms with Crippen LogP contribution in [0.15, 0.2) is 0 Å². The van der Waals surface area contributed by atoms with Crippen LogP contribution in [-0.4, -0.2) is 18.5 Å². The standard InChI is InChI=1S/C12H20O2/c1-9-2-4-10(5-3-9)12-8-11(13)6-7-14-12/h9-10,12H,2-8H2,1H3. The Bertz CT molecular complexity index is 204. The summed E-state index contributed by atoms with van der Waals surface area (Å²) in [6.07, 6.45) is 6.73. The van der Waals surface area contributed by atoms with Crippen LogP contribution < -0.4 is 0 Å². The Balaban J connectivity index is 1.85. The van der Waals surface area contributed by atoms with E-state index < -0.39 is 0 Å². The summed E-state index contributed by atoms with van der Waals surface area (Å²) in [7, 11) is 0. The molecule has 2 aliphatic rings. The van der Waals surface area contributed by atoms with E-state index in [2.05, 4.69) is 6.92 Å². The lowest BCUT2D eigenvalue weighted by Gasteiger charge is -2.34. The Kier molecular flexibility index (Phi) is 3.22. The van der Waals surface area contributed by atoms with Crippen LogP contribution in [0.25, 0.3) is 0 Å². The van der Waals surface area contributed by atoms with Crippen molar-refractivity contribution in [3.8, 4) is 0 Å². The topological polar surface area (TPSA) is 26.3 Å². The lowest BCUT2D eigenvalue weighted by atomic mass is 9.78. The molecule has 2 nitrogen and oxygen atoms in total. The van der Waals surface area contributed by atoms with E-state index in [0.29, 0.717) is 31.1 Å². The average Bonchev–Trinajstić information content (AvgIpc) is 2.19. The van der Waals surface area contributed by atoms with E-state index in [0.717, 1.165) is 5.92 Å². The second-order valence-electron chi connectivity index (χ2n) is 4.92. The fourth-order valence-corrected chi connectivity index (χ4v) is 2.67. The van der Waals surface area contributed by atoms with Crippen molar-refractivity contribution in [2.45, 2.75) is 51.6 Å². The van der Waals surface area contributed by atoms with Crippen LogP contribution in [0, 0.1) is 11.8 Å². The molecule has 1 aliphatic heterocycles. The zero-order chi connectivity index (χ0) is 9.97. The molecule has 14 heavy (non-hydrogen) atoms. The van der Waals surface area contributed by atoms with Crippen LogP contribution in [-0.2, 0) is 9.53 Å². The quantitative estimate of drug-likeness (QED) is 0.644. The monoisotopic (exact) mass is 196 g/mol. The van der Waals surface area contributed by atoms with E-state index in [1.165, 1.54) is 25.7 Å². The highest BCUT2D eigenvalue weighted by molar-refractivity contribution is 5.79. The van der Waals surface area contributed by atoms with Crippen molar-refractivity contribution in [3.05, 3.63) is 0 Å². The number of hydrogen-bond donors (Lipinski definition) is 0. The maximum absolute atomic E-state index is 11.3. The van der Waals surface area contributed by atoms with E-state index in [1.54, 1.807) is 0 Å². The lowest BCUT2D eigenvalue weighted by Crippen LogP contribution is -2.34. The van der Waals surface area contributed by atoms with Crippen LogP contribution in [0.4, 0.5) is 0 Å². The summed E-state index contributed by atoms with van der Waals surface area (Å²) in [5.74, 6) is 1.95. The number of Topliss-reactive ketones (excluding diaryl/α,β-unsaturated/α-hetero) is 1. The van der Waals surface area contributed by atoms with Gasteiger partial charge in [-0.2, -0.15) is 0 Å².